The van der Waals surface area contributed by atoms with E-state index in [0.717, 1.165) is 18.9 Å². The lowest BCUT2D eigenvalue weighted by Gasteiger charge is -2.27. The number of hydrogen-bond acceptors (Lipinski definition) is 6. The van der Waals surface area contributed by atoms with Crippen molar-refractivity contribution < 1.29 is 22.7 Å². The average Bonchev–Trinajstić information content (AvgIpc) is 3.29. The lowest BCUT2D eigenvalue weighted by atomic mass is 9.94. The molecule has 142 valence electrons. The molecule has 10 heteroatoms. The Bertz CT molecular complexity index is 1190. The van der Waals surface area contributed by atoms with Crippen LogP contribution in [0.1, 0.15) is 41.4 Å². The van der Waals surface area contributed by atoms with Crippen LogP contribution in [0.5, 0.6) is 0 Å². The fourth-order valence-corrected chi connectivity index (χ4v) is 6.44. The highest BCUT2D eigenvalue weighted by Crippen LogP contribution is 2.43. The van der Waals surface area contributed by atoms with E-state index >= 15 is 0 Å². The van der Waals surface area contributed by atoms with E-state index < -0.39 is 43.4 Å². The van der Waals surface area contributed by atoms with E-state index in [2.05, 4.69) is 10.3 Å². The zero-order valence-corrected chi connectivity index (χ0v) is 14.9. The van der Waals surface area contributed by atoms with E-state index in [0.29, 0.717) is 0 Å². The molecule has 2 unspecified atom stereocenters. The molecule has 2 aromatic heterocycles. The molecule has 1 aliphatic carbocycles. The summed E-state index contributed by atoms with van der Waals surface area (Å²) < 4.78 is 41.0. The maximum atomic E-state index is 14.9. The molecule has 3 aliphatic rings. The summed E-state index contributed by atoms with van der Waals surface area (Å²) in [6.45, 7) is 0.245. The summed E-state index contributed by atoms with van der Waals surface area (Å²) >= 11 is 0. The number of hydrogen-bond donors (Lipinski definition) is 2. The van der Waals surface area contributed by atoms with Gasteiger partial charge in [0.2, 0.25) is 5.43 Å². The number of nitrogens with one attached hydrogen (secondary N) is 1. The third-order valence-corrected chi connectivity index (χ3v) is 8.03. The van der Waals surface area contributed by atoms with Crippen LogP contribution < -0.4 is 10.7 Å². The van der Waals surface area contributed by atoms with Crippen LogP contribution in [0.3, 0.4) is 0 Å². The van der Waals surface area contributed by atoms with Crippen molar-refractivity contribution in [1.29, 1.82) is 0 Å². The number of aromatic nitrogens is 2. The fraction of sp³-hybridized carbons (Fsp3) is 0.471. The van der Waals surface area contributed by atoms with Crippen molar-refractivity contribution in [2.45, 2.75) is 36.1 Å². The maximum absolute atomic E-state index is 14.9. The first-order valence-corrected chi connectivity index (χ1v) is 10.4. The second-order valence-corrected chi connectivity index (χ2v) is 9.88. The molecular weight excluding hydrogens is 377 g/mol. The largest absolute Gasteiger partial charge is 0.477 e. The number of nitrogens with zero attached hydrogens (tertiary/aromatic N) is 2. The smallest absolute Gasteiger partial charge is 0.341 e. The van der Waals surface area contributed by atoms with Gasteiger partial charge >= 0.3 is 5.97 Å². The summed E-state index contributed by atoms with van der Waals surface area (Å²) in [4.78, 5) is 28.3. The molecule has 0 aromatic carbocycles. The Balaban J connectivity index is 1.79. The van der Waals surface area contributed by atoms with Crippen LogP contribution in [0.2, 0.25) is 0 Å². The van der Waals surface area contributed by atoms with Gasteiger partial charge in [-0.25, -0.2) is 22.6 Å². The Kier molecular flexibility index (Phi) is 3.20. The minimum atomic E-state index is -3.32. The lowest BCUT2D eigenvalue weighted by molar-refractivity contribution is 0.0694. The van der Waals surface area contributed by atoms with Crippen LogP contribution in [0.25, 0.3) is 11.0 Å². The summed E-state index contributed by atoms with van der Waals surface area (Å²) in [6, 6.07) is 1.01. The molecular formula is C17H16FN3O5S. The summed E-state index contributed by atoms with van der Waals surface area (Å²) in [6.07, 6.45) is 3.12. The minimum Gasteiger partial charge on any atom is -0.477 e. The Hall–Kier alpha value is -2.33. The van der Waals surface area contributed by atoms with E-state index in [4.69, 9.17) is 0 Å². The number of fused-ring (bicyclic) bond motifs is 3. The van der Waals surface area contributed by atoms with Crippen LogP contribution in [-0.4, -0.2) is 46.6 Å². The quantitative estimate of drug-likeness (QED) is 0.782. The molecule has 2 N–H and O–H groups in total. The standard InChI is InChI=1S/C17H16FN3O5S/c18-12-3-10-13(22)11(16(23)24)6-21(8-1-2-8)15(10)20-14(12)17-4-9(5-19-17)27(25,26)7-17/h3,6,8-9,19H,1-2,4-5,7H2,(H,23,24). The van der Waals surface area contributed by atoms with Crippen molar-refractivity contribution in [2.24, 2.45) is 0 Å². The van der Waals surface area contributed by atoms with Crippen LogP contribution in [0.4, 0.5) is 4.39 Å². The van der Waals surface area contributed by atoms with Crippen LogP contribution >= 0.6 is 0 Å². The highest BCUT2D eigenvalue weighted by molar-refractivity contribution is 7.92. The first kappa shape index (κ1) is 16.8. The van der Waals surface area contributed by atoms with Gasteiger partial charge in [-0.15, -0.1) is 0 Å². The third-order valence-electron chi connectivity index (χ3n) is 5.78. The molecule has 8 nitrogen and oxygen atoms in total. The van der Waals surface area contributed by atoms with Gasteiger partial charge in [-0.2, -0.15) is 0 Å². The number of sulfone groups is 1. The number of carboxylic acids is 1. The van der Waals surface area contributed by atoms with Crippen molar-refractivity contribution in [2.75, 3.05) is 12.3 Å². The number of rotatable bonds is 3. The lowest BCUT2D eigenvalue weighted by Crippen LogP contribution is -2.46. The molecule has 2 saturated heterocycles. The first-order valence-electron chi connectivity index (χ1n) is 8.68. The molecule has 2 aliphatic heterocycles. The maximum Gasteiger partial charge on any atom is 0.341 e. The van der Waals surface area contributed by atoms with Gasteiger partial charge in [-0.3, -0.25) is 4.79 Å². The first-order chi connectivity index (χ1) is 12.7. The molecule has 5 rings (SSSR count). The van der Waals surface area contributed by atoms with Gasteiger partial charge in [-0.05, 0) is 25.3 Å². The molecule has 27 heavy (non-hydrogen) atoms. The topological polar surface area (TPSA) is 118 Å². The van der Waals surface area contributed by atoms with Crippen molar-refractivity contribution in [3.05, 3.63) is 39.6 Å². The zero-order chi connectivity index (χ0) is 19.1. The van der Waals surface area contributed by atoms with E-state index in [1.54, 1.807) is 4.57 Å². The van der Waals surface area contributed by atoms with Gasteiger partial charge in [0.25, 0.3) is 0 Å². The van der Waals surface area contributed by atoms with Gasteiger partial charge in [-0.1, -0.05) is 0 Å². The summed E-state index contributed by atoms with van der Waals surface area (Å²) in [5.41, 5.74) is -2.13. The van der Waals surface area contributed by atoms with Crippen molar-refractivity contribution in [3.8, 4) is 0 Å². The zero-order valence-electron chi connectivity index (χ0n) is 14.1. The van der Waals surface area contributed by atoms with Crippen molar-refractivity contribution >= 4 is 26.8 Å². The Morgan fingerprint density at radius 3 is 2.70 bits per heavy atom. The highest BCUT2D eigenvalue weighted by Gasteiger charge is 2.57. The summed E-state index contributed by atoms with van der Waals surface area (Å²) in [5, 5.41) is 11.7. The number of carbonyl (C=O) groups is 1. The average molecular weight is 393 g/mol. The van der Waals surface area contributed by atoms with Crippen LogP contribution in [0, 0.1) is 5.82 Å². The van der Waals surface area contributed by atoms with Crippen LogP contribution in [0.15, 0.2) is 17.1 Å². The van der Waals surface area contributed by atoms with E-state index in [1.807, 2.05) is 0 Å². The van der Waals surface area contributed by atoms with E-state index in [1.165, 1.54) is 6.20 Å². The Labute approximate surface area is 152 Å². The second kappa shape index (κ2) is 5.14. The Morgan fingerprint density at radius 2 is 2.15 bits per heavy atom. The van der Waals surface area contributed by atoms with Gasteiger partial charge in [0.05, 0.1) is 27.6 Å². The molecule has 2 aromatic rings. The SMILES string of the molecule is O=C(O)c1cn(C2CC2)c2nc(C34CC(CN3)S(=O)(=O)C4)c(F)cc2c1=O. The monoisotopic (exact) mass is 393 g/mol. The third kappa shape index (κ3) is 2.29. The fourth-order valence-electron chi connectivity index (χ4n) is 4.28. The normalized spacial score (nSPS) is 28.7. The summed E-state index contributed by atoms with van der Waals surface area (Å²) in [7, 11) is -3.32. The van der Waals surface area contributed by atoms with E-state index in [-0.39, 0.29) is 41.5 Å². The van der Waals surface area contributed by atoms with Gasteiger partial charge in [0, 0.05) is 18.8 Å². The molecule has 0 spiro atoms. The molecule has 2 atom stereocenters. The molecule has 3 fully saturated rings. The molecule has 0 amide bonds. The Morgan fingerprint density at radius 1 is 1.41 bits per heavy atom. The number of aromatic carboxylic acids is 1. The molecule has 2 bridgehead atoms. The van der Waals surface area contributed by atoms with Gasteiger partial charge < -0.3 is 15.0 Å². The molecule has 4 heterocycles. The highest BCUT2D eigenvalue weighted by atomic mass is 32.2. The van der Waals surface area contributed by atoms with Gasteiger partial charge in [0.1, 0.15) is 17.0 Å². The number of halogens is 1. The predicted molar refractivity (Wildman–Crippen MR) is 93.1 cm³/mol. The van der Waals surface area contributed by atoms with Crippen molar-refractivity contribution in [1.82, 2.24) is 14.9 Å². The minimum absolute atomic E-state index is 0.00566. The summed E-state index contributed by atoms with van der Waals surface area (Å²) in [5.74, 6) is -2.41. The molecule has 0 radical (unpaired) electrons. The molecule has 1 saturated carbocycles. The van der Waals surface area contributed by atoms with Gasteiger partial charge in [0.15, 0.2) is 9.84 Å². The van der Waals surface area contributed by atoms with Crippen molar-refractivity contribution in [3.63, 3.8) is 0 Å². The number of carboxylic acid groups (broad SMARTS) is 1. The number of pyridine rings is 2. The van der Waals surface area contributed by atoms with Crippen LogP contribution in [-0.2, 0) is 15.4 Å². The van der Waals surface area contributed by atoms with E-state index in [9.17, 15) is 27.5 Å². The second-order valence-electron chi connectivity index (χ2n) is 7.60. The predicted octanol–water partition coefficient (Wildman–Crippen LogP) is 0.554.